The lowest BCUT2D eigenvalue weighted by Crippen LogP contribution is -2.37. The van der Waals surface area contributed by atoms with E-state index in [2.05, 4.69) is 10.3 Å². The normalized spacial score (nSPS) is 14.2. The Kier molecular flexibility index (Phi) is 4.26. The molecular formula is C20H17N3O2S. The number of thiazole rings is 1. The number of hydrogen-bond acceptors (Lipinski definition) is 4. The van der Waals surface area contributed by atoms with Crippen LogP contribution in [0.25, 0.3) is 0 Å². The van der Waals surface area contributed by atoms with Gasteiger partial charge >= 0.3 is 0 Å². The third-order valence-corrected chi connectivity index (χ3v) is 5.25. The van der Waals surface area contributed by atoms with Crippen LogP contribution in [0.3, 0.4) is 0 Å². The molecular weight excluding hydrogens is 346 g/mol. The van der Waals surface area contributed by atoms with E-state index in [-0.39, 0.29) is 11.8 Å². The summed E-state index contributed by atoms with van der Waals surface area (Å²) >= 11 is 1.37. The number of carbonyl (C=O) groups excluding carboxylic acids is 2. The van der Waals surface area contributed by atoms with E-state index in [0.717, 1.165) is 16.8 Å². The molecule has 4 rings (SSSR count). The molecule has 1 N–H and O–H groups in total. The van der Waals surface area contributed by atoms with Crippen molar-refractivity contribution in [2.75, 3.05) is 5.32 Å². The van der Waals surface area contributed by atoms with Gasteiger partial charge in [0.2, 0.25) is 0 Å². The van der Waals surface area contributed by atoms with E-state index in [0.29, 0.717) is 17.2 Å². The molecule has 1 aliphatic rings. The highest BCUT2D eigenvalue weighted by atomic mass is 32.1. The molecule has 2 heterocycles. The molecule has 1 unspecified atom stereocenters. The Morgan fingerprint density at radius 1 is 1.15 bits per heavy atom. The third kappa shape index (κ3) is 2.99. The Hall–Kier alpha value is -2.99. The Labute approximate surface area is 155 Å². The fourth-order valence-electron chi connectivity index (χ4n) is 3.18. The Balaban J connectivity index is 1.68. The minimum Gasteiger partial charge on any atom is -0.318 e. The first kappa shape index (κ1) is 16.5. The lowest BCUT2D eigenvalue weighted by Gasteiger charge is -2.27. The zero-order chi connectivity index (χ0) is 18.1. The number of anilines is 1. The summed E-state index contributed by atoms with van der Waals surface area (Å²) in [7, 11) is 0. The van der Waals surface area contributed by atoms with Crippen LogP contribution in [0.5, 0.6) is 0 Å². The van der Waals surface area contributed by atoms with Crippen LogP contribution in [0, 0.1) is 6.92 Å². The van der Waals surface area contributed by atoms with Crippen LogP contribution >= 0.6 is 11.3 Å². The minimum atomic E-state index is -0.708. The maximum Gasteiger partial charge on any atom is 0.255 e. The van der Waals surface area contributed by atoms with Crippen molar-refractivity contribution in [2.24, 2.45) is 0 Å². The first-order chi connectivity index (χ1) is 12.6. The summed E-state index contributed by atoms with van der Waals surface area (Å²) in [4.78, 5) is 31.9. The van der Waals surface area contributed by atoms with E-state index in [9.17, 15) is 9.59 Å². The quantitative estimate of drug-likeness (QED) is 0.767. The molecule has 0 aliphatic carbocycles. The fraction of sp³-hybridized carbons (Fsp3) is 0.150. The minimum absolute atomic E-state index is 0.125. The van der Waals surface area contributed by atoms with Crippen molar-refractivity contribution in [3.8, 4) is 0 Å². The summed E-state index contributed by atoms with van der Waals surface area (Å²) in [5, 5.41) is 5.28. The molecule has 0 spiro atoms. The zero-order valence-corrected chi connectivity index (χ0v) is 15.0. The average molecular weight is 363 g/mol. The Morgan fingerprint density at radius 2 is 1.88 bits per heavy atom. The summed E-state index contributed by atoms with van der Waals surface area (Å²) in [5.74, 6) is -0.383. The largest absolute Gasteiger partial charge is 0.318 e. The first-order valence-corrected chi connectivity index (χ1v) is 9.18. The first-order valence-electron chi connectivity index (χ1n) is 8.30. The summed E-state index contributed by atoms with van der Waals surface area (Å²) in [6.07, 6.45) is 0. The van der Waals surface area contributed by atoms with Crippen LogP contribution in [0.2, 0.25) is 0 Å². The third-order valence-electron chi connectivity index (χ3n) is 4.37. The van der Waals surface area contributed by atoms with Crippen molar-refractivity contribution in [1.29, 1.82) is 0 Å². The van der Waals surface area contributed by atoms with Gasteiger partial charge in [-0.05, 0) is 24.1 Å². The second kappa shape index (κ2) is 6.72. The van der Waals surface area contributed by atoms with Gasteiger partial charge in [-0.2, -0.15) is 0 Å². The molecule has 1 aromatic heterocycles. The van der Waals surface area contributed by atoms with Crippen molar-refractivity contribution in [3.63, 3.8) is 0 Å². The van der Waals surface area contributed by atoms with Crippen LogP contribution < -0.4 is 5.32 Å². The number of rotatable bonds is 4. The number of aromatic nitrogens is 1. The van der Waals surface area contributed by atoms with E-state index in [1.807, 2.05) is 66.9 Å². The zero-order valence-electron chi connectivity index (χ0n) is 14.2. The molecule has 2 aromatic carbocycles. The molecule has 26 heavy (non-hydrogen) atoms. The lowest BCUT2D eigenvalue weighted by atomic mass is 10.0. The smallest absolute Gasteiger partial charge is 0.255 e. The molecule has 1 aliphatic heterocycles. The number of fused-ring (bicyclic) bond motifs is 1. The van der Waals surface area contributed by atoms with Gasteiger partial charge in [0.05, 0.1) is 5.69 Å². The Morgan fingerprint density at radius 3 is 2.58 bits per heavy atom. The number of nitrogens with zero attached hydrogens (tertiary/aromatic N) is 2. The summed E-state index contributed by atoms with van der Waals surface area (Å²) in [5.41, 5.74) is 3.23. The van der Waals surface area contributed by atoms with Crippen molar-refractivity contribution in [3.05, 3.63) is 82.4 Å². The standard InChI is InChI=1S/C20H17N3O2S/c1-13-12-26-20(21-13)22-18(24)17(14-7-3-2-4-8-14)23-11-15-9-5-6-10-16(15)19(23)25/h2-10,12,17H,11H2,1H3,(H,21,22,24). The van der Waals surface area contributed by atoms with E-state index in [1.54, 1.807) is 4.90 Å². The van der Waals surface area contributed by atoms with Gasteiger partial charge in [0.25, 0.3) is 11.8 Å². The topological polar surface area (TPSA) is 62.3 Å². The van der Waals surface area contributed by atoms with Gasteiger partial charge < -0.3 is 4.90 Å². The van der Waals surface area contributed by atoms with Crippen LogP contribution in [0.1, 0.15) is 33.2 Å². The molecule has 0 bridgehead atoms. The SMILES string of the molecule is Cc1csc(NC(=O)C(c2ccccc2)N2Cc3ccccc3C2=O)n1. The van der Waals surface area contributed by atoms with E-state index in [1.165, 1.54) is 11.3 Å². The summed E-state index contributed by atoms with van der Waals surface area (Å²) in [6, 6.07) is 16.2. The van der Waals surface area contributed by atoms with E-state index in [4.69, 9.17) is 0 Å². The van der Waals surface area contributed by atoms with Gasteiger partial charge in [-0.25, -0.2) is 4.98 Å². The van der Waals surface area contributed by atoms with Crippen molar-refractivity contribution in [1.82, 2.24) is 9.88 Å². The maximum absolute atomic E-state index is 13.1. The molecule has 0 saturated carbocycles. The van der Waals surface area contributed by atoms with Gasteiger partial charge in [-0.1, -0.05) is 48.5 Å². The fourth-order valence-corrected chi connectivity index (χ4v) is 3.87. The number of hydrogen-bond donors (Lipinski definition) is 1. The predicted octanol–water partition coefficient (Wildman–Crippen LogP) is 3.79. The van der Waals surface area contributed by atoms with Gasteiger partial charge in [0, 0.05) is 17.5 Å². The molecule has 0 radical (unpaired) electrons. The highest BCUT2D eigenvalue weighted by Gasteiger charge is 2.37. The van der Waals surface area contributed by atoms with Gasteiger partial charge in [-0.3, -0.25) is 14.9 Å². The van der Waals surface area contributed by atoms with E-state index >= 15 is 0 Å². The number of carbonyl (C=O) groups is 2. The molecule has 2 amide bonds. The second-order valence-electron chi connectivity index (χ2n) is 6.19. The summed E-state index contributed by atoms with van der Waals surface area (Å²) < 4.78 is 0. The van der Waals surface area contributed by atoms with Crippen LogP contribution in [-0.4, -0.2) is 21.7 Å². The highest BCUT2D eigenvalue weighted by molar-refractivity contribution is 7.13. The monoisotopic (exact) mass is 363 g/mol. The average Bonchev–Trinajstić information content (AvgIpc) is 3.20. The van der Waals surface area contributed by atoms with Crippen molar-refractivity contribution >= 4 is 28.3 Å². The molecule has 3 aromatic rings. The number of amides is 2. The Bertz CT molecular complexity index is 968. The van der Waals surface area contributed by atoms with Gasteiger partial charge in [0.15, 0.2) is 5.13 Å². The number of nitrogens with one attached hydrogen (secondary N) is 1. The maximum atomic E-state index is 13.1. The van der Waals surface area contributed by atoms with Gasteiger partial charge in [-0.15, -0.1) is 11.3 Å². The van der Waals surface area contributed by atoms with E-state index < -0.39 is 6.04 Å². The lowest BCUT2D eigenvalue weighted by molar-refractivity contribution is -0.120. The number of aryl methyl sites for hydroxylation is 1. The predicted molar refractivity (Wildman–Crippen MR) is 101 cm³/mol. The molecule has 5 nitrogen and oxygen atoms in total. The van der Waals surface area contributed by atoms with Crippen LogP contribution in [-0.2, 0) is 11.3 Å². The number of benzene rings is 2. The molecule has 1 atom stereocenters. The van der Waals surface area contributed by atoms with Crippen LogP contribution in [0.4, 0.5) is 5.13 Å². The van der Waals surface area contributed by atoms with Gasteiger partial charge in [0.1, 0.15) is 6.04 Å². The molecule has 0 saturated heterocycles. The van der Waals surface area contributed by atoms with Crippen molar-refractivity contribution in [2.45, 2.75) is 19.5 Å². The second-order valence-corrected chi connectivity index (χ2v) is 7.04. The molecule has 0 fully saturated rings. The summed E-state index contributed by atoms with van der Waals surface area (Å²) in [6.45, 7) is 2.29. The molecule has 130 valence electrons. The van der Waals surface area contributed by atoms with Crippen LogP contribution in [0.15, 0.2) is 60.0 Å². The molecule has 6 heteroatoms. The highest BCUT2D eigenvalue weighted by Crippen LogP contribution is 2.32. The van der Waals surface area contributed by atoms with Crippen molar-refractivity contribution < 1.29 is 9.59 Å².